The van der Waals surface area contributed by atoms with E-state index in [1.165, 1.54) is 18.1 Å². The monoisotopic (exact) mass is 385 g/mol. The predicted octanol–water partition coefficient (Wildman–Crippen LogP) is 2.52. The third-order valence-electron chi connectivity index (χ3n) is 3.00. The average molecular weight is 387 g/mol. The van der Waals surface area contributed by atoms with Crippen molar-refractivity contribution < 1.29 is 21.8 Å². The predicted molar refractivity (Wildman–Crippen MR) is 76.5 cm³/mol. The highest BCUT2D eigenvalue weighted by molar-refractivity contribution is 9.10. The first-order valence-corrected chi connectivity index (χ1v) is 8.12. The van der Waals surface area contributed by atoms with Crippen LogP contribution in [0.25, 0.3) is 0 Å². The average Bonchev–Trinajstić information content (AvgIpc) is 2.74. The molecule has 110 valence electrons. The topological polar surface area (TPSA) is 63.7 Å². The molecular weight excluding hydrogens is 377 g/mol. The molecule has 1 aliphatic heterocycles. The van der Waals surface area contributed by atoms with Crippen LogP contribution in [0.4, 0.5) is 9.57 Å². The number of anilines is 1. The summed E-state index contributed by atoms with van der Waals surface area (Å²) in [5, 5.41) is -1.03. The Hall–Kier alpha value is -0.860. The van der Waals surface area contributed by atoms with Crippen molar-refractivity contribution in [2.45, 2.75) is 11.7 Å². The summed E-state index contributed by atoms with van der Waals surface area (Å²) >= 11 is 9.18. The van der Waals surface area contributed by atoms with Gasteiger partial charge in [0.1, 0.15) is 11.0 Å². The fourth-order valence-corrected chi connectivity index (χ4v) is 3.14. The Morgan fingerprint density at radius 1 is 1.50 bits per heavy atom. The van der Waals surface area contributed by atoms with E-state index in [0.29, 0.717) is 20.9 Å². The van der Waals surface area contributed by atoms with Crippen LogP contribution in [0.3, 0.4) is 0 Å². The van der Waals surface area contributed by atoms with Crippen LogP contribution in [-0.4, -0.2) is 33.2 Å². The minimum Gasteiger partial charge on any atom is -0.495 e. The Bertz CT molecular complexity index is 667. The number of halogens is 3. The van der Waals surface area contributed by atoms with Gasteiger partial charge in [-0.2, -0.15) is 8.42 Å². The number of methoxy groups -OCH3 is 1. The lowest BCUT2D eigenvalue weighted by Gasteiger charge is -2.20. The molecule has 2 rings (SSSR count). The van der Waals surface area contributed by atoms with Crippen LogP contribution in [0.2, 0.25) is 5.02 Å². The highest BCUT2D eigenvalue weighted by Gasteiger charge is 2.40. The molecule has 1 amide bonds. The van der Waals surface area contributed by atoms with Crippen molar-refractivity contribution in [1.82, 2.24) is 0 Å². The third kappa shape index (κ3) is 2.91. The molecule has 0 radical (unpaired) electrons. The summed E-state index contributed by atoms with van der Waals surface area (Å²) in [6, 6.07) is 3.03. The van der Waals surface area contributed by atoms with Crippen molar-refractivity contribution in [3.05, 3.63) is 21.6 Å². The van der Waals surface area contributed by atoms with Gasteiger partial charge in [0.2, 0.25) is 5.91 Å². The molecule has 0 bridgehead atoms. The fraction of sp³-hybridized carbons (Fsp3) is 0.364. The largest absolute Gasteiger partial charge is 0.495 e. The first-order chi connectivity index (χ1) is 9.24. The molecule has 0 aromatic heterocycles. The van der Waals surface area contributed by atoms with E-state index in [2.05, 4.69) is 15.9 Å². The van der Waals surface area contributed by atoms with Crippen molar-refractivity contribution in [2.24, 2.45) is 0 Å². The summed E-state index contributed by atoms with van der Waals surface area (Å²) in [6.07, 6.45) is -0.393. The molecule has 0 saturated carbocycles. The van der Waals surface area contributed by atoms with Crippen molar-refractivity contribution in [3.63, 3.8) is 0 Å². The van der Waals surface area contributed by atoms with Crippen LogP contribution >= 0.6 is 27.5 Å². The maximum atomic E-state index is 13.0. The van der Waals surface area contributed by atoms with Crippen molar-refractivity contribution in [3.8, 4) is 5.75 Å². The standard InChI is InChI=1S/C11H10BrClFNO4S/c1-19-10-3-7(12)8(13)4-9(10)15-5-6(2-11(15)16)20(14,17)18/h3-4,6H,2,5H2,1H3. The molecule has 1 aromatic rings. The summed E-state index contributed by atoms with van der Waals surface area (Å²) in [5.74, 6) is -0.153. The minimum absolute atomic E-state index is 0.258. The van der Waals surface area contributed by atoms with E-state index < -0.39 is 27.8 Å². The Kier molecular flexibility index (Phi) is 4.27. The number of ether oxygens (including phenoxy) is 1. The SMILES string of the molecule is COc1cc(Br)c(Cl)cc1N1CC(S(=O)(=O)F)CC1=O. The summed E-state index contributed by atoms with van der Waals surface area (Å²) in [4.78, 5) is 13.0. The van der Waals surface area contributed by atoms with Gasteiger partial charge in [-0.3, -0.25) is 4.79 Å². The lowest BCUT2D eigenvalue weighted by Crippen LogP contribution is -2.27. The quantitative estimate of drug-likeness (QED) is 0.749. The number of rotatable bonds is 3. The van der Waals surface area contributed by atoms with E-state index in [9.17, 15) is 17.1 Å². The second-order valence-electron chi connectivity index (χ2n) is 4.24. The zero-order chi connectivity index (χ0) is 15.1. The van der Waals surface area contributed by atoms with Gasteiger partial charge in [-0.25, -0.2) is 0 Å². The molecule has 5 nitrogen and oxygen atoms in total. The highest BCUT2D eigenvalue weighted by Crippen LogP contribution is 2.39. The Labute approximate surface area is 129 Å². The van der Waals surface area contributed by atoms with E-state index >= 15 is 0 Å². The Morgan fingerprint density at radius 2 is 2.15 bits per heavy atom. The van der Waals surface area contributed by atoms with Gasteiger partial charge in [0.25, 0.3) is 0 Å². The van der Waals surface area contributed by atoms with E-state index in [0.717, 1.165) is 0 Å². The third-order valence-corrected chi connectivity index (χ3v) is 5.31. The van der Waals surface area contributed by atoms with E-state index in [1.807, 2.05) is 0 Å². The van der Waals surface area contributed by atoms with Gasteiger partial charge in [-0.15, -0.1) is 3.89 Å². The van der Waals surface area contributed by atoms with Crippen LogP contribution in [0.15, 0.2) is 16.6 Å². The lowest BCUT2D eigenvalue weighted by atomic mass is 10.2. The van der Waals surface area contributed by atoms with E-state index in [-0.39, 0.29) is 6.54 Å². The number of nitrogens with zero attached hydrogens (tertiary/aromatic N) is 1. The maximum Gasteiger partial charge on any atom is 0.307 e. The summed E-state index contributed by atoms with van der Waals surface area (Å²) < 4.78 is 40.6. The molecule has 1 aromatic carbocycles. The van der Waals surface area contributed by atoms with Crippen LogP contribution in [0.1, 0.15) is 6.42 Å². The fourth-order valence-electron chi connectivity index (χ4n) is 1.99. The van der Waals surface area contributed by atoms with Gasteiger partial charge in [0, 0.05) is 17.4 Å². The Balaban J connectivity index is 2.42. The number of carbonyl (C=O) groups excluding carboxylic acids is 1. The highest BCUT2D eigenvalue weighted by atomic mass is 79.9. The lowest BCUT2D eigenvalue weighted by molar-refractivity contribution is -0.117. The number of carbonyl (C=O) groups is 1. The van der Waals surface area contributed by atoms with Crippen LogP contribution in [0, 0.1) is 0 Å². The van der Waals surface area contributed by atoms with E-state index in [4.69, 9.17) is 16.3 Å². The number of hydrogen-bond acceptors (Lipinski definition) is 4. The summed E-state index contributed by atoms with van der Waals surface area (Å²) in [5.41, 5.74) is 0.317. The van der Waals surface area contributed by atoms with E-state index in [1.54, 1.807) is 6.07 Å². The van der Waals surface area contributed by atoms with Crippen LogP contribution in [0.5, 0.6) is 5.75 Å². The normalized spacial score (nSPS) is 19.5. The summed E-state index contributed by atoms with van der Waals surface area (Å²) in [6.45, 7) is -0.258. The molecule has 0 aliphatic carbocycles. The number of benzene rings is 1. The van der Waals surface area contributed by atoms with Crippen LogP contribution < -0.4 is 9.64 Å². The van der Waals surface area contributed by atoms with Gasteiger partial charge >= 0.3 is 10.2 Å². The van der Waals surface area contributed by atoms with Crippen LogP contribution in [-0.2, 0) is 15.0 Å². The molecule has 1 saturated heterocycles. The second kappa shape index (κ2) is 5.50. The molecule has 1 atom stereocenters. The molecule has 0 N–H and O–H groups in total. The van der Waals surface area contributed by atoms with Gasteiger partial charge in [0.05, 0.1) is 17.8 Å². The molecule has 20 heavy (non-hydrogen) atoms. The molecule has 0 spiro atoms. The minimum atomic E-state index is -4.76. The number of hydrogen-bond donors (Lipinski definition) is 0. The molecular formula is C11H10BrClFNO4S. The molecule has 1 aliphatic rings. The molecule has 9 heteroatoms. The maximum absolute atomic E-state index is 13.0. The van der Waals surface area contributed by atoms with Crippen molar-refractivity contribution in [2.75, 3.05) is 18.6 Å². The summed E-state index contributed by atoms with van der Waals surface area (Å²) in [7, 11) is -3.35. The number of amides is 1. The van der Waals surface area contributed by atoms with Gasteiger partial charge in [0.15, 0.2) is 0 Å². The van der Waals surface area contributed by atoms with Crippen molar-refractivity contribution in [1.29, 1.82) is 0 Å². The van der Waals surface area contributed by atoms with Gasteiger partial charge in [-0.1, -0.05) is 11.6 Å². The zero-order valence-corrected chi connectivity index (χ0v) is 13.4. The van der Waals surface area contributed by atoms with Gasteiger partial charge < -0.3 is 9.64 Å². The molecule has 1 unspecified atom stereocenters. The zero-order valence-electron chi connectivity index (χ0n) is 10.3. The molecule has 1 heterocycles. The first-order valence-electron chi connectivity index (χ1n) is 5.51. The van der Waals surface area contributed by atoms with Gasteiger partial charge in [-0.05, 0) is 28.1 Å². The first kappa shape index (κ1) is 15.5. The smallest absolute Gasteiger partial charge is 0.307 e. The Morgan fingerprint density at radius 3 is 2.65 bits per heavy atom. The molecule has 1 fully saturated rings. The van der Waals surface area contributed by atoms with Crippen molar-refractivity contribution >= 4 is 49.3 Å². The second-order valence-corrected chi connectivity index (χ2v) is 7.12.